The van der Waals surface area contributed by atoms with Crippen LogP contribution in [0.25, 0.3) is 22.1 Å². The summed E-state index contributed by atoms with van der Waals surface area (Å²) < 4.78 is 11.0. The first-order chi connectivity index (χ1) is 12.7. The molecule has 0 saturated carbocycles. The summed E-state index contributed by atoms with van der Waals surface area (Å²) in [5.41, 5.74) is 2.17. The van der Waals surface area contributed by atoms with Gasteiger partial charge in [0.2, 0.25) is 11.8 Å². The molecule has 130 valence electrons. The molecule has 6 nitrogen and oxygen atoms in total. The lowest BCUT2D eigenvalue weighted by Crippen LogP contribution is -2.15. The van der Waals surface area contributed by atoms with Crippen molar-refractivity contribution in [1.82, 2.24) is 9.97 Å². The topological polar surface area (TPSA) is 81.2 Å². The first-order valence-electron chi connectivity index (χ1n) is 7.98. The van der Waals surface area contributed by atoms with E-state index in [9.17, 15) is 4.79 Å². The summed E-state index contributed by atoms with van der Waals surface area (Å²) in [5, 5.41) is 4.85. The number of carbonyl (C=O) groups excluding carboxylic acids is 1. The van der Waals surface area contributed by atoms with Crippen molar-refractivity contribution in [1.29, 1.82) is 0 Å². The van der Waals surface area contributed by atoms with Crippen molar-refractivity contribution in [2.75, 3.05) is 5.32 Å². The van der Waals surface area contributed by atoms with Gasteiger partial charge in [0.25, 0.3) is 0 Å². The summed E-state index contributed by atoms with van der Waals surface area (Å²) in [6.45, 7) is 1.82. The maximum atomic E-state index is 12.4. The Kier molecular flexibility index (Phi) is 4.37. The van der Waals surface area contributed by atoms with Crippen LogP contribution in [0.1, 0.15) is 11.5 Å². The smallest absolute Gasteiger partial charge is 0.236 e. The number of oxazole rings is 2. The third-order valence-electron chi connectivity index (χ3n) is 3.82. The molecule has 0 aliphatic carbocycles. The van der Waals surface area contributed by atoms with Crippen molar-refractivity contribution in [2.24, 2.45) is 0 Å². The number of hydrogen-bond acceptors (Lipinski definition) is 6. The molecule has 4 aromatic rings. The van der Waals surface area contributed by atoms with Crippen LogP contribution in [0.4, 0.5) is 5.69 Å². The fraction of sp³-hybridized carbons (Fsp3) is 0.105. The quantitative estimate of drug-likeness (QED) is 0.561. The second-order valence-corrected chi connectivity index (χ2v) is 6.62. The van der Waals surface area contributed by atoms with Gasteiger partial charge in [0.1, 0.15) is 5.76 Å². The Bertz CT molecular complexity index is 1020. The largest absolute Gasteiger partial charge is 0.444 e. The standard InChI is InChI=1S/C19H15N3O3S/c1-12-15(22-19(25-12)17-6-3-7-26-17)9-18(23)21-14-5-2-4-13(8-14)16-10-20-11-24-16/h2-8,10-11H,9H2,1H3,(H,21,23). The Balaban J connectivity index is 1.47. The molecule has 1 aromatic carbocycles. The molecule has 1 amide bonds. The van der Waals surface area contributed by atoms with E-state index in [-0.39, 0.29) is 12.3 Å². The molecule has 0 radical (unpaired) electrons. The SMILES string of the molecule is Cc1oc(-c2cccs2)nc1CC(=O)Nc1cccc(-c2cnco2)c1. The summed E-state index contributed by atoms with van der Waals surface area (Å²) in [5.74, 6) is 1.69. The van der Waals surface area contributed by atoms with Crippen molar-refractivity contribution in [3.05, 3.63) is 65.8 Å². The van der Waals surface area contributed by atoms with Crippen LogP contribution in [0.3, 0.4) is 0 Å². The Labute approximate surface area is 153 Å². The number of benzene rings is 1. The molecule has 0 fully saturated rings. The second-order valence-electron chi connectivity index (χ2n) is 5.67. The zero-order valence-corrected chi connectivity index (χ0v) is 14.7. The third kappa shape index (κ3) is 3.43. The summed E-state index contributed by atoms with van der Waals surface area (Å²) in [6.07, 6.45) is 3.15. The minimum atomic E-state index is -0.158. The number of carbonyl (C=O) groups is 1. The Morgan fingerprint density at radius 2 is 2.19 bits per heavy atom. The fourth-order valence-electron chi connectivity index (χ4n) is 2.56. The van der Waals surface area contributed by atoms with Gasteiger partial charge in [0, 0.05) is 11.3 Å². The van der Waals surface area contributed by atoms with Crippen LogP contribution in [0.15, 0.2) is 63.2 Å². The van der Waals surface area contributed by atoms with Crippen LogP contribution in [-0.4, -0.2) is 15.9 Å². The molecule has 3 aromatic heterocycles. The molecule has 0 aliphatic heterocycles. The van der Waals surface area contributed by atoms with Gasteiger partial charge in [0.05, 0.1) is 23.2 Å². The fourth-order valence-corrected chi connectivity index (χ4v) is 3.21. The van der Waals surface area contributed by atoms with E-state index in [1.54, 1.807) is 17.5 Å². The van der Waals surface area contributed by atoms with Crippen molar-refractivity contribution in [3.8, 4) is 22.1 Å². The van der Waals surface area contributed by atoms with Crippen molar-refractivity contribution in [3.63, 3.8) is 0 Å². The maximum Gasteiger partial charge on any atom is 0.236 e. The zero-order valence-electron chi connectivity index (χ0n) is 13.9. The van der Waals surface area contributed by atoms with E-state index in [2.05, 4.69) is 15.3 Å². The molecule has 0 atom stereocenters. The van der Waals surface area contributed by atoms with E-state index in [0.29, 0.717) is 28.8 Å². The van der Waals surface area contributed by atoms with E-state index in [0.717, 1.165) is 10.4 Å². The van der Waals surface area contributed by atoms with Crippen LogP contribution >= 0.6 is 11.3 Å². The van der Waals surface area contributed by atoms with E-state index >= 15 is 0 Å². The summed E-state index contributed by atoms with van der Waals surface area (Å²) in [4.78, 5) is 21.7. The van der Waals surface area contributed by atoms with Crippen LogP contribution < -0.4 is 5.32 Å². The predicted octanol–water partition coefficient (Wildman–Crippen LogP) is 4.55. The molecular formula is C19H15N3O3S. The Morgan fingerprint density at radius 1 is 1.27 bits per heavy atom. The highest BCUT2D eigenvalue weighted by atomic mass is 32.1. The number of anilines is 1. The summed E-state index contributed by atoms with van der Waals surface area (Å²) in [6, 6.07) is 11.3. The molecule has 0 spiro atoms. The number of amides is 1. The first-order valence-corrected chi connectivity index (χ1v) is 8.86. The lowest BCUT2D eigenvalue weighted by Gasteiger charge is -2.05. The number of nitrogens with zero attached hydrogens (tertiary/aromatic N) is 2. The summed E-state index contributed by atoms with van der Waals surface area (Å²) in [7, 11) is 0. The molecule has 26 heavy (non-hydrogen) atoms. The van der Waals surface area contributed by atoms with Gasteiger partial charge < -0.3 is 14.2 Å². The van der Waals surface area contributed by atoms with Gasteiger partial charge >= 0.3 is 0 Å². The van der Waals surface area contributed by atoms with Crippen molar-refractivity contribution < 1.29 is 13.6 Å². The lowest BCUT2D eigenvalue weighted by atomic mass is 10.1. The average molecular weight is 365 g/mol. The van der Waals surface area contributed by atoms with Crippen molar-refractivity contribution in [2.45, 2.75) is 13.3 Å². The first kappa shape index (κ1) is 16.3. The van der Waals surface area contributed by atoms with E-state index in [1.807, 2.05) is 48.7 Å². The molecule has 0 unspecified atom stereocenters. The highest BCUT2D eigenvalue weighted by Crippen LogP contribution is 2.26. The third-order valence-corrected chi connectivity index (χ3v) is 4.67. The van der Waals surface area contributed by atoms with E-state index < -0.39 is 0 Å². The van der Waals surface area contributed by atoms with Gasteiger partial charge in [-0.3, -0.25) is 4.79 Å². The molecular weight excluding hydrogens is 350 g/mol. The molecule has 4 rings (SSSR count). The van der Waals surface area contributed by atoms with Gasteiger partial charge in [-0.1, -0.05) is 18.2 Å². The molecule has 1 N–H and O–H groups in total. The summed E-state index contributed by atoms with van der Waals surface area (Å²) >= 11 is 1.55. The number of aromatic nitrogens is 2. The highest BCUT2D eigenvalue weighted by Gasteiger charge is 2.15. The van der Waals surface area contributed by atoms with Gasteiger partial charge in [-0.15, -0.1) is 11.3 Å². The van der Waals surface area contributed by atoms with Crippen LogP contribution in [0.5, 0.6) is 0 Å². The molecule has 0 saturated heterocycles. The van der Waals surface area contributed by atoms with Gasteiger partial charge in [-0.05, 0) is 30.5 Å². The monoisotopic (exact) mass is 365 g/mol. The minimum Gasteiger partial charge on any atom is -0.444 e. The number of hydrogen-bond donors (Lipinski definition) is 1. The van der Waals surface area contributed by atoms with Crippen LogP contribution in [0, 0.1) is 6.92 Å². The Morgan fingerprint density at radius 3 is 2.96 bits per heavy atom. The Hall–Kier alpha value is -3.19. The molecule has 7 heteroatoms. The maximum absolute atomic E-state index is 12.4. The minimum absolute atomic E-state index is 0.146. The second kappa shape index (κ2) is 6.97. The van der Waals surface area contributed by atoms with Crippen molar-refractivity contribution >= 4 is 22.9 Å². The van der Waals surface area contributed by atoms with Gasteiger partial charge in [-0.2, -0.15) is 0 Å². The van der Waals surface area contributed by atoms with Crippen LogP contribution in [0.2, 0.25) is 0 Å². The lowest BCUT2D eigenvalue weighted by molar-refractivity contribution is -0.115. The molecule has 0 bridgehead atoms. The number of thiophene rings is 1. The molecule has 0 aliphatic rings. The predicted molar refractivity (Wildman–Crippen MR) is 98.8 cm³/mol. The average Bonchev–Trinajstić information content (AvgIpc) is 3.37. The van der Waals surface area contributed by atoms with E-state index in [4.69, 9.17) is 8.83 Å². The number of aryl methyl sites for hydroxylation is 1. The normalized spacial score (nSPS) is 10.8. The van der Waals surface area contributed by atoms with Crippen LogP contribution in [-0.2, 0) is 11.2 Å². The zero-order chi connectivity index (χ0) is 17.9. The van der Waals surface area contributed by atoms with Gasteiger partial charge in [-0.25, -0.2) is 9.97 Å². The van der Waals surface area contributed by atoms with Gasteiger partial charge in [0.15, 0.2) is 12.2 Å². The number of rotatable bonds is 5. The number of nitrogens with one attached hydrogen (secondary N) is 1. The molecule has 3 heterocycles. The highest BCUT2D eigenvalue weighted by molar-refractivity contribution is 7.13. The van der Waals surface area contributed by atoms with E-state index in [1.165, 1.54) is 6.39 Å².